The third kappa shape index (κ3) is 4.29. The average molecular weight is 394 g/mol. The van der Waals surface area contributed by atoms with E-state index in [2.05, 4.69) is 0 Å². The van der Waals surface area contributed by atoms with Crippen LogP contribution in [-0.2, 0) is 9.09 Å². The molecule has 0 aliphatic heterocycles. The number of hydrogen-bond donors (Lipinski definition) is 0. The zero-order valence-corrected chi connectivity index (χ0v) is 14.8. The molecule has 27 heavy (non-hydrogen) atoms. The first kappa shape index (κ1) is 19.3. The third-order valence-electron chi connectivity index (χ3n) is 3.92. The van der Waals surface area contributed by atoms with E-state index in [1.54, 1.807) is 36.4 Å². The van der Waals surface area contributed by atoms with E-state index in [-0.39, 0.29) is 16.2 Å². The summed E-state index contributed by atoms with van der Waals surface area (Å²) in [6, 6.07) is 19.3. The van der Waals surface area contributed by atoms with Crippen molar-refractivity contribution in [2.24, 2.45) is 0 Å². The van der Waals surface area contributed by atoms with Crippen molar-refractivity contribution >= 4 is 18.0 Å². The van der Waals surface area contributed by atoms with Crippen molar-refractivity contribution in [1.82, 2.24) is 0 Å². The van der Waals surface area contributed by atoms with Gasteiger partial charge in [0.05, 0.1) is 0 Å². The molecule has 0 spiro atoms. The quantitative estimate of drug-likeness (QED) is 0.429. The molecule has 7 heteroatoms. The normalized spacial score (nSPS) is 13.3. The van der Waals surface area contributed by atoms with E-state index in [4.69, 9.17) is 4.52 Å². The first-order valence-corrected chi connectivity index (χ1v) is 9.65. The summed E-state index contributed by atoms with van der Waals surface area (Å²) in [5.41, 5.74) is -0.323. The SMILES string of the molecule is O=P(O[C@@H](c1ccc(F)cc1)C(F)(F)F)(c1ccccc1)c1ccccc1. The highest BCUT2D eigenvalue weighted by atomic mass is 31.2. The lowest BCUT2D eigenvalue weighted by Gasteiger charge is -2.27. The van der Waals surface area contributed by atoms with E-state index in [0.717, 1.165) is 24.3 Å². The number of rotatable bonds is 5. The Kier molecular flexibility index (Phi) is 5.49. The monoisotopic (exact) mass is 394 g/mol. The zero-order valence-electron chi connectivity index (χ0n) is 13.9. The minimum absolute atomic E-state index is 0.146. The second-order valence-electron chi connectivity index (χ2n) is 5.80. The number of alkyl halides is 3. The van der Waals surface area contributed by atoms with E-state index >= 15 is 0 Å². The van der Waals surface area contributed by atoms with Crippen molar-refractivity contribution in [2.75, 3.05) is 0 Å². The predicted octanol–water partition coefficient (Wildman–Crippen LogP) is 5.37. The molecule has 1 atom stereocenters. The summed E-state index contributed by atoms with van der Waals surface area (Å²) in [5.74, 6) is -0.672. The van der Waals surface area contributed by atoms with Gasteiger partial charge in [0, 0.05) is 10.6 Å². The highest BCUT2D eigenvalue weighted by Gasteiger charge is 2.47. The summed E-state index contributed by atoms with van der Waals surface area (Å²) in [6.07, 6.45) is -7.30. The Morgan fingerprint density at radius 1 is 0.741 bits per heavy atom. The smallest absolute Gasteiger partial charge is 0.304 e. The minimum Gasteiger partial charge on any atom is -0.304 e. The topological polar surface area (TPSA) is 26.3 Å². The van der Waals surface area contributed by atoms with Crippen LogP contribution in [0, 0.1) is 5.82 Å². The summed E-state index contributed by atoms with van der Waals surface area (Å²) in [6.45, 7) is 0. The van der Waals surface area contributed by atoms with Crippen LogP contribution >= 0.6 is 7.37 Å². The number of halogens is 4. The van der Waals surface area contributed by atoms with Crippen LogP contribution in [-0.4, -0.2) is 6.18 Å². The first-order valence-electron chi connectivity index (χ1n) is 8.02. The molecule has 0 saturated carbocycles. The van der Waals surface area contributed by atoms with E-state index in [9.17, 15) is 22.1 Å². The lowest BCUT2D eigenvalue weighted by atomic mass is 10.1. The van der Waals surface area contributed by atoms with Crippen LogP contribution in [0.3, 0.4) is 0 Å². The van der Waals surface area contributed by atoms with Crippen LogP contribution in [0.15, 0.2) is 84.9 Å². The largest absolute Gasteiger partial charge is 0.419 e. The molecule has 0 aromatic heterocycles. The van der Waals surface area contributed by atoms with Gasteiger partial charge in [0.15, 0.2) is 6.10 Å². The second kappa shape index (κ2) is 7.67. The molecular weight excluding hydrogens is 379 g/mol. The fraction of sp³-hybridized carbons (Fsp3) is 0.100. The van der Waals surface area contributed by atoms with Crippen molar-refractivity contribution in [3.05, 3.63) is 96.3 Å². The van der Waals surface area contributed by atoms with Gasteiger partial charge in [-0.25, -0.2) is 4.39 Å². The fourth-order valence-corrected chi connectivity index (χ4v) is 4.82. The van der Waals surface area contributed by atoms with Crippen molar-refractivity contribution in [3.8, 4) is 0 Å². The van der Waals surface area contributed by atoms with Gasteiger partial charge in [0.1, 0.15) is 5.82 Å². The van der Waals surface area contributed by atoms with E-state index in [1.165, 1.54) is 24.3 Å². The standard InChI is InChI=1S/C20H15F4O2P/c21-16-13-11-15(12-14-16)19(20(22,23)24)26-27(25,17-7-3-1-4-8-17)18-9-5-2-6-10-18/h1-14,19H/t19-/m0/s1. The van der Waals surface area contributed by atoms with Crippen LogP contribution in [0.25, 0.3) is 0 Å². The van der Waals surface area contributed by atoms with Gasteiger partial charge in [0.2, 0.25) is 0 Å². The van der Waals surface area contributed by atoms with Gasteiger partial charge in [-0.1, -0.05) is 48.5 Å². The number of benzene rings is 3. The van der Waals surface area contributed by atoms with E-state index in [1.807, 2.05) is 0 Å². The first-order chi connectivity index (χ1) is 12.8. The molecule has 0 N–H and O–H groups in total. The van der Waals surface area contributed by atoms with Gasteiger partial charge in [-0.15, -0.1) is 0 Å². The predicted molar refractivity (Wildman–Crippen MR) is 96.0 cm³/mol. The van der Waals surface area contributed by atoms with Crippen LogP contribution in [0.4, 0.5) is 17.6 Å². The van der Waals surface area contributed by atoms with Crippen LogP contribution in [0.1, 0.15) is 11.7 Å². The van der Waals surface area contributed by atoms with Gasteiger partial charge in [-0.05, 0) is 42.0 Å². The highest BCUT2D eigenvalue weighted by molar-refractivity contribution is 7.74. The van der Waals surface area contributed by atoms with Crippen molar-refractivity contribution < 1.29 is 26.7 Å². The average Bonchev–Trinajstić information content (AvgIpc) is 2.67. The molecule has 3 aromatic carbocycles. The molecule has 0 heterocycles. The molecule has 0 unspecified atom stereocenters. The van der Waals surface area contributed by atoms with Gasteiger partial charge < -0.3 is 4.52 Å². The summed E-state index contributed by atoms with van der Waals surface area (Å²) in [7, 11) is -4.07. The molecule has 3 aromatic rings. The molecule has 0 amide bonds. The Hall–Kier alpha value is -2.43. The summed E-state index contributed by atoms with van der Waals surface area (Å²) < 4.78 is 73.3. The Morgan fingerprint density at radius 3 is 1.59 bits per heavy atom. The maximum Gasteiger partial charge on any atom is 0.419 e. The van der Waals surface area contributed by atoms with Crippen molar-refractivity contribution in [1.29, 1.82) is 0 Å². The molecular formula is C20H15F4O2P. The Labute approximate surface area is 153 Å². The Morgan fingerprint density at radius 2 is 1.19 bits per heavy atom. The zero-order chi connectivity index (χ0) is 19.5. The number of hydrogen-bond acceptors (Lipinski definition) is 2. The van der Waals surface area contributed by atoms with Gasteiger partial charge in [0.25, 0.3) is 7.37 Å². The van der Waals surface area contributed by atoms with Crippen LogP contribution in [0.5, 0.6) is 0 Å². The summed E-state index contributed by atoms with van der Waals surface area (Å²) >= 11 is 0. The summed E-state index contributed by atoms with van der Waals surface area (Å²) in [4.78, 5) is 0. The molecule has 0 aliphatic carbocycles. The minimum atomic E-state index is -4.84. The second-order valence-corrected chi connectivity index (χ2v) is 8.15. The molecule has 0 fully saturated rings. The van der Waals surface area contributed by atoms with Crippen LogP contribution < -0.4 is 10.6 Å². The lowest BCUT2D eigenvalue weighted by molar-refractivity contribution is -0.197. The summed E-state index contributed by atoms with van der Waals surface area (Å²) in [5, 5.41) is 0.292. The molecule has 0 saturated heterocycles. The van der Waals surface area contributed by atoms with E-state index < -0.39 is 25.5 Å². The van der Waals surface area contributed by atoms with Crippen molar-refractivity contribution in [2.45, 2.75) is 12.3 Å². The maximum absolute atomic E-state index is 13.7. The lowest BCUT2D eigenvalue weighted by Crippen LogP contribution is -2.27. The Bertz CT molecular complexity index is 882. The highest BCUT2D eigenvalue weighted by Crippen LogP contribution is 2.52. The van der Waals surface area contributed by atoms with E-state index in [0.29, 0.717) is 0 Å². The van der Waals surface area contributed by atoms with Crippen molar-refractivity contribution in [3.63, 3.8) is 0 Å². The van der Waals surface area contributed by atoms with Gasteiger partial charge in [-0.3, -0.25) is 4.57 Å². The molecule has 0 aliphatic rings. The fourth-order valence-electron chi connectivity index (χ4n) is 2.61. The third-order valence-corrected chi connectivity index (χ3v) is 6.38. The molecule has 0 bridgehead atoms. The molecule has 2 nitrogen and oxygen atoms in total. The van der Waals surface area contributed by atoms with Gasteiger partial charge >= 0.3 is 6.18 Å². The Balaban J connectivity index is 2.12. The molecule has 0 radical (unpaired) electrons. The molecule has 140 valence electrons. The van der Waals surface area contributed by atoms with Crippen LogP contribution in [0.2, 0.25) is 0 Å². The maximum atomic E-state index is 13.7. The molecule has 3 rings (SSSR count). The van der Waals surface area contributed by atoms with Gasteiger partial charge in [-0.2, -0.15) is 13.2 Å².